The highest BCUT2D eigenvalue weighted by atomic mass is 32.2. The lowest BCUT2D eigenvalue weighted by atomic mass is 10.2. The van der Waals surface area contributed by atoms with Gasteiger partial charge in [0.1, 0.15) is 11.6 Å². The van der Waals surface area contributed by atoms with Crippen molar-refractivity contribution in [3.8, 4) is 0 Å². The lowest BCUT2D eigenvalue weighted by Gasteiger charge is -2.12. The number of rotatable bonds is 4. The molecule has 0 saturated heterocycles. The molecule has 4 heteroatoms. The van der Waals surface area contributed by atoms with Crippen LogP contribution in [0.1, 0.15) is 23.3 Å². The molecule has 0 aliphatic rings. The molecular weight excluding hydrogens is 266 g/mol. The third-order valence-electron chi connectivity index (χ3n) is 2.99. The quantitative estimate of drug-likeness (QED) is 0.828. The predicted octanol–water partition coefficient (Wildman–Crippen LogP) is 3.97. The average Bonchev–Trinajstić information content (AvgIpc) is 2.41. The lowest BCUT2D eigenvalue weighted by Crippen LogP contribution is -2.06. The van der Waals surface area contributed by atoms with Crippen molar-refractivity contribution in [1.82, 2.24) is 0 Å². The van der Waals surface area contributed by atoms with E-state index in [1.807, 2.05) is 0 Å². The standard InChI is InChI=1S/C15H14F2OS/c1-11(12-6-8-14(16)9-7-12)19(18)10-13-4-2-3-5-15(13)17/h2-9,11H,10H2,1H3/t11-,19-/m1/s1. The van der Waals surface area contributed by atoms with Crippen molar-refractivity contribution in [3.63, 3.8) is 0 Å². The number of hydrogen-bond donors (Lipinski definition) is 0. The fourth-order valence-corrected chi connectivity index (χ4v) is 3.03. The van der Waals surface area contributed by atoms with E-state index in [0.717, 1.165) is 5.56 Å². The third-order valence-corrected chi connectivity index (χ3v) is 4.65. The highest BCUT2D eigenvalue weighted by molar-refractivity contribution is 7.84. The van der Waals surface area contributed by atoms with Crippen LogP contribution < -0.4 is 0 Å². The van der Waals surface area contributed by atoms with Gasteiger partial charge in [-0.25, -0.2) is 8.78 Å². The Morgan fingerprint density at radius 1 is 1.05 bits per heavy atom. The summed E-state index contributed by atoms with van der Waals surface area (Å²) in [5, 5.41) is -0.264. The number of benzene rings is 2. The third kappa shape index (κ3) is 3.47. The second-order valence-electron chi connectivity index (χ2n) is 4.31. The van der Waals surface area contributed by atoms with Gasteiger partial charge in [-0.05, 0) is 30.7 Å². The van der Waals surface area contributed by atoms with E-state index in [1.165, 1.54) is 18.2 Å². The maximum atomic E-state index is 13.5. The Hall–Kier alpha value is -1.55. The molecule has 0 N–H and O–H groups in total. The Labute approximate surface area is 113 Å². The molecule has 0 unspecified atom stereocenters. The van der Waals surface area contributed by atoms with Gasteiger partial charge in [-0.3, -0.25) is 4.21 Å². The highest BCUT2D eigenvalue weighted by Crippen LogP contribution is 2.23. The first-order chi connectivity index (χ1) is 9.08. The molecule has 0 radical (unpaired) electrons. The Kier molecular flexibility index (Phi) is 4.43. The summed E-state index contributed by atoms with van der Waals surface area (Å²) in [6.07, 6.45) is 0. The minimum Gasteiger partial charge on any atom is -0.259 e. The fraction of sp³-hybridized carbons (Fsp3) is 0.200. The van der Waals surface area contributed by atoms with E-state index in [-0.39, 0.29) is 22.6 Å². The molecule has 0 spiro atoms. The van der Waals surface area contributed by atoms with Crippen LogP contribution in [0.25, 0.3) is 0 Å². The van der Waals surface area contributed by atoms with Gasteiger partial charge in [0, 0.05) is 16.4 Å². The van der Waals surface area contributed by atoms with Crippen molar-refractivity contribution in [2.75, 3.05) is 0 Å². The van der Waals surface area contributed by atoms with Crippen molar-refractivity contribution in [3.05, 3.63) is 71.3 Å². The first-order valence-corrected chi connectivity index (χ1v) is 7.32. The lowest BCUT2D eigenvalue weighted by molar-refractivity contribution is 0.614. The second-order valence-corrected chi connectivity index (χ2v) is 6.07. The van der Waals surface area contributed by atoms with E-state index in [4.69, 9.17) is 0 Å². The van der Waals surface area contributed by atoms with Gasteiger partial charge in [0.05, 0.1) is 11.0 Å². The molecule has 0 amide bonds. The van der Waals surface area contributed by atoms with Crippen LogP contribution in [0.2, 0.25) is 0 Å². The molecule has 2 atom stereocenters. The van der Waals surface area contributed by atoms with Gasteiger partial charge in [-0.1, -0.05) is 30.3 Å². The predicted molar refractivity (Wildman–Crippen MR) is 73.1 cm³/mol. The molecule has 1 nitrogen and oxygen atoms in total. The van der Waals surface area contributed by atoms with E-state index >= 15 is 0 Å². The average molecular weight is 280 g/mol. The van der Waals surface area contributed by atoms with Crippen LogP contribution in [0.5, 0.6) is 0 Å². The van der Waals surface area contributed by atoms with E-state index in [0.29, 0.717) is 5.56 Å². The zero-order valence-electron chi connectivity index (χ0n) is 10.5. The molecule has 2 aromatic carbocycles. The zero-order valence-corrected chi connectivity index (χ0v) is 11.3. The summed E-state index contributed by atoms with van der Waals surface area (Å²) in [4.78, 5) is 0. The van der Waals surface area contributed by atoms with E-state index < -0.39 is 10.8 Å². The van der Waals surface area contributed by atoms with Gasteiger partial charge in [0.25, 0.3) is 0 Å². The summed E-state index contributed by atoms with van der Waals surface area (Å²) < 4.78 is 38.5. The van der Waals surface area contributed by atoms with Crippen molar-refractivity contribution < 1.29 is 13.0 Å². The van der Waals surface area contributed by atoms with Gasteiger partial charge in [0.15, 0.2) is 0 Å². The summed E-state index contributed by atoms with van der Waals surface area (Å²) in [5.74, 6) is -0.511. The van der Waals surface area contributed by atoms with Crippen LogP contribution in [0.3, 0.4) is 0 Å². The zero-order chi connectivity index (χ0) is 13.8. The molecular formula is C15H14F2OS. The van der Waals surface area contributed by atoms with Crippen molar-refractivity contribution in [2.24, 2.45) is 0 Å². The van der Waals surface area contributed by atoms with Crippen molar-refractivity contribution >= 4 is 10.8 Å². The molecule has 0 fully saturated rings. The van der Waals surface area contributed by atoms with Gasteiger partial charge in [-0.2, -0.15) is 0 Å². The molecule has 0 aliphatic carbocycles. The first kappa shape index (κ1) is 13.9. The van der Waals surface area contributed by atoms with Crippen LogP contribution in [0.4, 0.5) is 8.78 Å². The largest absolute Gasteiger partial charge is 0.259 e. The first-order valence-electron chi connectivity index (χ1n) is 5.94. The fourth-order valence-electron chi connectivity index (χ4n) is 1.78. The van der Waals surface area contributed by atoms with E-state index in [1.54, 1.807) is 37.3 Å². The Bertz CT molecular complexity index is 581. The van der Waals surface area contributed by atoms with Crippen LogP contribution in [0.15, 0.2) is 48.5 Å². The van der Waals surface area contributed by atoms with Crippen molar-refractivity contribution in [1.29, 1.82) is 0 Å². The minimum absolute atomic E-state index is 0.158. The van der Waals surface area contributed by atoms with Gasteiger partial charge in [0.2, 0.25) is 0 Å². The Morgan fingerprint density at radius 3 is 2.32 bits per heavy atom. The summed E-state index contributed by atoms with van der Waals surface area (Å²) in [5.41, 5.74) is 1.23. The molecule has 19 heavy (non-hydrogen) atoms. The normalized spacial score (nSPS) is 14.1. The molecule has 0 heterocycles. The SMILES string of the molecule is C[C@H](c1ccc(F)cc1)[S@](=O)Cc1ccccc1F. The molecule has 0 bridgehead atoms. The second kappa shape index (κ2) is 6.06. The van der Waals surface area contributed by atoms with Crippen LogP contribution in [-0.4, -0.2) is 4.21 Å². The van der Waals surface area contributed by atoms with Crippen LogP contribution >= 0.6 is 0 Å². The smallest absolute Gasteiger partial charge is 0.127 e. The molecule has 100 valence electrons. The van der Waals surface area contributed by atoms with E-state index in [2.05, 4.69) is 0 Å². The molecule has 2 rings (SSSR count). The maximum absolute atomic E-state index is 13.5. The molecule has 0 saturated carbocycles. The van der Waals surface area contributed by atoms with Crippen LogP contribution in [0, 0.1) is 11.6 Å². The number of hydrogen-bond acceptors (Lipinski definition) is 1. The van der Waals surface area contributed by atoms with Gasteiger partial charge >= 0.3 is 0 Å². The van der Waals surface area contributed by atoms with Gasteiger partial charge < -0.3 is 0 Å². The molecule has 0 aliphatic heterocycles. The highest BCUT2D eigenvalue weighted by Gasteiger charge is 2.15. The summed E-state index contributed by atoms with van der Waals surface area (Å²) in [7, 11) is -1.25. The van der Waals surface area contributed by atoms with Gasteiger partial charge in [-0.15, -0.1) is 0 Å². The monoisotopic (exact) mass is 280 g/mol. The summed E-state index contributed by atoms with van der Waals surface area (Å²) in [6.45, 7) is 1.80. The Balaban J connectivity index is 2.12. The molecule has 2 aromatic rings. The minimum atomic E-state index is -1.25. The summed E-state index contributed by atoms with van der Waals surface area (Å²) >= 11 is 0. The Morgan fingerprint density at radius 2 is 1.68 bits per heavy atom. The topological polar surface area (TPSA) is 17.1 Å². The molecule has 0 aromatic heterocycles. The van der Waals surface area contributed by atoms with Crippen LogP contribution in [-0.2, 0) is 16.6 Å². The summed E-state index contributed by atoms with van der Waals surface area (Å²) in [6, 6.07) is 12.2. The van der Waals surface area contributed by atoms with Crippen molar-refractivity contribution in [2.45, 2.75) is 17.9 Å². The maximum Gasteiger partial charge on any atom is 0.127 e. The number of halogens is 2. The van der Waals surface area contributed by atoms with E-state index in [9.17, 15) is 13.0 Å².